The molecule has 5 atom stereocenters. The van der Waals surface area contributed by atoms with E-state index in [1.165, 1.54) is 32.2 Å². The van der Waals surface area contributed by atoms with E-state index in [0.29, 0.717) is 54.9 Å². The van der Waals surface area contributed by atoms with Gasteiger partial charge in [-0.3, -0.25) is 29.0 Å². The van der Waals surface area contributed by atoms with Gasteiger partial charge in [-0.25, -0.2) is 19.2 Å². The van der Waals surface area contributed by atoms with Crippen molar-refractivity contribution < 1.29 is 37.5 Å². The molecule has 6 bridgehead atoms. The van der Waals surface area contributed by atoms with Crippen LogP contribution in [-0.2, 0) is 48.1 Å². The maximum atomic E-state index is 15.9. The fourth-order valence-electron chi connectivity index (χ4n) is 8.87. The zero-order valence-electron chi connectivity index (χ0n) is 32.9. The zero-order chi connectivity index (χ0) is 41.0. The highest BCUT2D eigenvalue weighted by atomic mass is 35.5. The first kappa shape index (κ1) is 41.0. The summed E-state index contributed by atoms with van der Waals surface area (Å²) in [4.78, 5) is 76.2. The number of aromatic nitrogens is 2. The number of halogens is 3. The average molecular weight is 830 g/mol. The summed E-state index contributed by atoms with van der Waals surface area (Å²) in [6.07, 6.45) is 4.18. The fraction of sp³-hybridized carbons (Fsp3) is 0.600. The van der Waals surface area contributed by atoms with Crippen molar-refractivity contribution in [3.63, 3.8) is 0 Å². The summed E-state index contributed by atoms with van der Waals surface area (Å²) in [5.74, 6) is -3.56. The number of alkyl halides is 2. The van der Waals surface area contributed by atoms with E-state index in [1.54, 1.807) is 11.4 Å². The molecule has 13 nitrogen and oxygen atoms in total. The Hall–Kier alpha value is -4.15. The molecule has 0 aliphatic carbocycles. The summed E-state index contributed by atoms with van der Waals surface area (Å²) >= 11 is 6.67. The van der Waals surface area contributed by atoms with Gasteiger partial charge in [0.2, 0.25) is 11.8 Å². The molecule has 1 spiro atoms. The molecule has 57 heavy (non-hydrogen) atoms. The van der Waals surface area contributed by atoms with Crippen LogP contribution in [0.25, 0.3) is 22.2 Å². The number of thiazole rings is 1. The zero-order valence-corrected chi connectivity index (χ0v) is 34.5. The van der Waals surface area contributed by atoms with Gasteiger partial charge < -0.3 is 24.4 Å². The standard InChI is InChI=1S/C40H50ClF2N7O6S/c1-6-47-18-23-17-39(4,5)21-56-37(54)27-8-7-11-50(46-27)35(52)28(16-31-44-29(19-57-31)25-14-24(23)30(47)15-26(25)42)45-34(51)32(22(2)3)49-13-10-40(38(49)55)9-12-48(20-40)36(53)33(41)43/h14-15,18-19,22,27-28,32-33,46H,6-13,16-17,20-21H2,1-5H3,(H,45,51)/t27-,28-,32-,33-,40-/m0/s1. The monoisotopic (exact) mass is 829 g/mol. The lowest BCUT2D eigenvalue weighted by molar-refractivity contribution is -0.155. The Morgan fingerprint density at radius 2 is 1.91 bits per heavy atom. The summed E-state index contributed by atoms with van der Waals surface area (Å²) in [5.41, 5.74) is 1.85. The number of hydrogen-bond donors (Lipinski definition) is 2. The van der Waals surface area contributed by atoms with Gasteiger partial charge in [-0.15, -0.1) is 11.3 Å². The number of ether oxygens (including phenoxy) is 1. The number of benzene rings is 1. The van der Waals surface area contributed by atoms with Crippen LogP contribution in [0.3, 0.4) is 0 Å². The number of hydrazine groups is 1. The number of fused-ring (bicyclic) bond motifs is 6. The molecular formula is C40H50ClF2N7O6S. The Labute approximate surface area is 339 Å². The Balaban J connectivity index is 1.20. The molecule has 7 rings (SSSR count). The van der Waals surface area contributed by atoms with Crippen LogP contribution in [0.2, 0.25) is 0 Å². The lowest BCUT2D eigenvalue weighted by atomic mass is 9.85. The highest BCUT2D eigenvalue weighted by molar-refractivity contribution is 7.10. The van der Waals surface area contributed by atoms with Gasteiger partial charge in [-0.05, 0) is 62.6 Å². The molecule has 3 aromatic rings. The second-order valence-electron chi connectivity index (χ2n) is 17.0. The summed E-state index contributed by atoms with van der Waals surface area (Å²) in [6.45, 7) is 11.1. The van der Waals surface area contributed by atoms with Gasteiger partial charge in [0.25, 0.3) is 17.4 Å². The molecule has 4 aliphatic heterocycles. The van der Waals surface area contributed by atoms with Crippen molar-refractivity contribution in [3.8, 4) is 11.3 Å². The highest BCUT2D eigenvalue weighted by Crippen LogP contribution is 2.43. The van der Waals surface area contributed by atoms with Crippen LogP contribution in [0.1, 0.15) is 70.9 Å². The van der Waals surface area contributed by atoms with Gasteiger partial charge in [0.1, 0.15) is 23.9 Å². The van der Waals surface area contributed by atoms with Crippen molar-refractivity contribution >= 4 is 63.4 Å². The third-order valence-electron chi connectivity index (χ3n) is 11.9. The Morgan fingerprint density at radius 3 is 2.63 bits per heavy atom. The lowest BCUT2D eigenvalue weighted by Crippen LogP contribution is -2.62. The molecule has 17 heteroatoms. The number of esters is 1. The Bertz CT molecular complexity index is 2090. The molecule has 308 valence electrons. The van der Waals surface area contributed by atoms with Crippen LogP contribution >= 0.6 is 22.9 Å². The fourth-order valence-corrected chi connectivity index (χ4v) is 9.85. The molecular weight excluding hydrogens is 780 g/mol. The number of carbonyl (C=O) groups excluding carboxylic acids is 5. The van der Waals surface area contributed by atoms with Crippen LogP contribution in [0.4, 0.5) is 8.78 Å². The minimum atomic E-state index is -2.21. The van der Waals surface area contributed by atoms with Gasteiger partial charge in [-0.1, -0.05) is 39.3 Å². The minimum Gasteiger partial charge on any atom is -0.464 e. The number of cyclic esters (lactones) is 1. The van der Waals surface area contributed by atoms with Gasteiger partial charge in [0.15, 0.2) is 0 Å². The molecule has 2 N–H and O–H groups in total. The van der Waals surface area contributed by atoms with Crippen LogP contribution in [0.5, 0.6) is 0 Å². The normalized spacial score (nSPS) is 25.3. The molecule has 0 saturated carbocycles. The first-order valence-electron chi connectivity index (χ1n) is 19.7. The molecule has 3 fully saturated rings. The summed E-state index contributed by atoms with van der Waals surface area (Å²) < 4.78 is 37.4. The maximum absolute atomic E-state index is 15.9. The SMILES string of the molecule is CCn1cc2c3cc(c(F)cc31)-c1csc(n1)C[C@H](NC(=O)[C@H](C(C)C)N1CC[C@]3(CCN(C(=O)[C@H](F)Cl)C3)C1=O)C(=O)N1CCC[C@H](N1)C(=O)OCC(C)(C)C2. The minimum absolute atomic E-state index is 0.00916. The van der Waals surface area contributed by atoms with Crippen LogP contribution in [0, 0.1) is 22.6 Å². The van der Waals surface area contributed by atoms with E-state index < -0.39 is 64.1 Å². The van der Waals surface area contributed by atoms with Crippen LogP contribution in [0.15, 0.2) is 23.7 Å². The van der Waals surface area contributed by atoms with Gasteiger partial charge in [-0.2, -0.15) is 0 Å². The van der Waals surface area contributed by atoms with E-state index in [9.17, 15) is 28.4 Å². The van der Waals surface area contributed by atoms with E-state index >= 15 is 4.39 Å². The van der Waals surface area contributed by atoms with Crippen molar-refractivity contribution in [2.75, 3.05) is 32.8 Å². The highest BCUT2D eigenvalue weighted by Gasteiger charge is 2.55. The third kappa shape index (κ3) is 8.01. The van der Waals surface area contributed by atoms with Gasteiger partial charge >= 0.3 is 5.97 Å². The van der Waals surface area contributed by atoms with E-state index in [1.807, 2.05) is 45.4 Å². The number of nitrogens with zero attached hydrogens (tertiary/aromatic N) is 5. The third-order valence-corrected chi connectivity index (χ3v) is 12.9. The van der Waals surface area contributed by atoms with Crippen molar-refractivity contribution in [1.82, 2.24) is 35.1 Å². The number of rotatable bonds is 6. The Kier molecular flexibility index (Phi) is 11.4. The molecule has 2 aromatic heterocycles. The van der Waals surface area contributed by atoms with Crippen LogP contribution in [-0.4, -0.2) is 111 Å². The van der Waals surface area contributed by atoms with Crippen molar-refractivity contribution in [3.05, 3.63) is 40.1 Å². The molecule has 0 radical (unpaired) electrons. The molecule has 3 saturated heterocycles. The smallest absolute Gasteiger partial charge is 0.324 e. The number of likely N-dealkylation sites (tertiary alicyclic amines) is 2. The quantitative estimate of drug-likeness (QED) is 0.272. The largest absolute Gasteiger partial charge is 0.464 e. The lowest BCUT2D eigenvalue weighted by Gasteiger charge is -2.36. The number of hydrogen-bond acceptors (Lipinski definition) is 9. The van der Waals surface area contributed by atoms with Crippen molar-refractivity contribution in [2.24, 2.45) is 16.7 Å². The predicted octanol–water partition coefficient (Wildman–Crippen LogP) is 4.58. The topological polar surface area (TPSA) is 146 Å². The average Bonchev–Trinajstić information content (AvgIpc) is 3.96. The summed E-state index contributed by atoms with van der Waals surface area (Å²) in [5, 5.41) is 7.36. The first-order chi connectivity index (χ1) is 27.0. The summed E-state index contributed by atoms with van der Waals surface area (Å²) in [7, 11) is 0. The molecule has 6 heterocycles. The number of amides is 4. The molecule has 1 aromatic carbocycles. The second-order valence-corrected chi connectivity index (χ2v) is 18.3. The summed E-state index contributed by atoms with van der Waals surface area (Å²) in [6, 6.07) is 0.382. The van der Waals surface area contributed by atoms with Gasteiger partial charge in [0.05, 0.1) is 28.2 Å². The van der Waals surface area contributed by atoms with E-state index in [-0.39, 0.29) is 51.0 Å². The van der Waals surface area contributed by atoms with Crippen molar-refractivity contribution in [1.29, 1.82) is 0 Å². The molecule has 0 unspecified atom stereocenters. The maximum Gasteiger partial charge on any atom is 0.324 e. The molecule has 4 aliphatic rings. The number of nitrogens with one attached hydrogen (secondary N) is 2. The number of aryl methyl sites for hydroxylation is 1. The van der Waals surface area contributed by atoms with E-state index in [4.69, 9.17) is 21.3 Å². The van der Waals surface area contributed by atoms with Gasteiger partial charge in [0, 0.05) is 67.1 Å². The molecule has 4 amide bonds. The number of carbonyl (C=O) groups is 5. The van der Waals surface area contributed by atoms with E-state index in [2.05, 4.69) is 10.7 Å². The predicted molar refractivity (Wildman–Crippen MR) is 210 cm³/mol. The van der Waals surface area contributed by atoms with E-state index in [0.717, 1.165) is 16.5 Å². The Morgan fingerprint density at radius 1 is 1.16 bits per heavy atom. The van der Waals surface area contributed by atoms with Crippen molar-refractivity contribution in [2.45, 2.75) is 103 Å². The first-order valence-corrected chi connectivity index (χ1v) is 21.0. The van der Waals surface area contributed by atoms with Crippen LogP contribution < -0.4 is 10.7 Å². The second kappa shape index (κ2) is 15.9.